The van der Waals surface area contributed by atoms with Crippen LogP contribution in [0.2, 0.25) is 0 Å². The van der Waals surface area contributed by atoms with Crippen LogP contribution in [0.1, 0.15) is 18.0 Å². The molecule has 3 heterocycles. The minimum atomic E-state index is -3.13. The Labute approximate surface area is 111 Å². The Balaban J connectivity index is 1.99. The number of rotatable bonds is 2. The maximum absolute atomic E-state index is 11.6. The van der Waals surface area contributed by atoms with Gasteiger partial charge in [0.15, 0.2) is 5.65 Å². The van der Waals surface area contributed by atoms with Gasteiger partial charge in [-0.3, -0.25) is 0 Å². The second-order valence-electron chi connectivity index (χ2n) is 4.84. The lowest BCUT2D eigenvalue weighted by Gasteiger charge is -2.12. The van der Waals surface area contributed by atoms with E-state index in [4.69, 9.17) is 0 Å². The van der Waals surface area contributed by atoms with Crippen LogP contribution in [-0.4, -0.2) is 51.8 Å². The third-order valence-corrected chi connectivity index (χ3v) is 4.76. The molecule has 0 aliphatic carbocycles. The van der Waals surface area contributed by atoms with E-state index in [1.807, 2.05) is 7.05 Å². The summed E-state index contributed by atoms with van der Waals surface area (Å²) in [5.74, 6) is 0.0927. The molecule has 0 saturated carbocycles. The lowest BCUT2D eigenvalue weighted by atomic mass is 10.0. The van der Waals surface area contributed by atoms with Crippen molar-refractivity contribution in [2.45, 2.75) is 12.3 Å². The van der Waals surface area contributed by atoms with Crippen LogP contribution in [0, 0.1) is 0 Å². The molecule has 0 spiro atoms. The molecular formula is C11H15N5O2S. The lowest BCUT2D eigenvalue weighted by Crippen LogP contribution is -2.27. The minimum absolute atomic E-state index is 0.0927. The maximum atomic E-state index is 11.6. The van der Waals surface area contributed by atoms with Gasteiger partial charge in [0.1, 0.15) is 5.52 Å². The molecule has 0 bridgehead atoms. The summed E-state index contributed by atoms with van der Waals surface area (Å²) in [5.41, 5.74) is 2.34. The second kappa shape index (κ2) is 4.24. The smallest absolute Gasteiger partial charge is 0.211 e. The average molecular weight is 281 g/mol. The SMILES string of the molecule is Cn1nc([C@H]2CCN(S(C)(=O)=O)C2)c2nccnc21. The van der Waals surface area contributed by atoms with E-state index in [1.54, 1.807) is 17.1 Å². The number of aromatic nitrogens is 4. The standard InChI is InChI=1S/C11H15N5O2S/c1-15-11-10(12-4-5-13-11)9(14-15)8-3-6-16(7-8)19(2,17)18/h4-5,8H,3,6-7H2,1-2H3/t8-/m0/s1. The number of hydrogen-bond donors (Lipinski definition) is 0. The molecule has 8 heteroatoms. The molecule has 2 aromatic rings. The van der Waals surface area contributed by atoms with E-state index in [2.05, 4.69) is 15.1 Å². The van der Waals surface area contributed by atoms with Crippen molar-refractivity contribution in [3.63, 3.8) is 0 Å². The summed E-state index contributed by atoms with van der Waals surface area (Å²) in [4.78, 5) is 8.57. The predicted octanol–water partition coefficient (Wildman–Crippen LogP) is 0.112. The fourth-order valence-electron chi connectivity index (χ4n) is 2.53. The highest BCUT2D eigenvalue weighted by molar-refractivity contribution is 7.88. The number of sulfonamides is 1. The Bertz CT molecular complexity index is 724. The highest BCUT2D eigenvalue weighted by Crippen LogP contribution is 2.30. The molecule has 0 N–H and O–H groups in total. The van der Waals surface area contributed by atoms with Crippen LogP contribution in [0.15, 0.2) is 12.4 Å². The Morgan fingerprint density at radius 3 is 2.74 bits per heavy atom. The van der Waals surface area contributed by atoms with Crippen LogP contribution in [0.25, 0.3) is 11.2 Å². The van der Waals surface area contributed by atoms with E-state index >= 15 is 0 Å². The molecule has 1 atom stereocenters. The monoisotopic (exact) mass is 281 g/mol. The van der Waals surface area contributed by atoms with Crippen molar-refractivity contribution in [2.24, 2.45) is 7.05 Å². The zero-order valence-electron chi connectivity index (χ0n) is 10.8. The van der Waals surface area contributed by atoms with Gasteiger partial charge in [-0.1, -0.05) is 0 Å². The van der Waals surface area contributed by atoms with Crippen LogP contribution in [0.4, 0.5) is 0 Å². The highest BCUT2D eigenvalue weighted by Gasteiger charge is 2.32. The summed E-state index contributed by atoms with van der Waals surface area (Å²) in [6, 6.07) is 0. The van der Waals surface area contributed by atoms with Gasteiger partial charge in [0, 0.05) is 38.4 Å². The first-order valence-electron chi connectivity index (χ1n) is 6.05. The number of aryl methyl sites for hydroxylation is 1. The molecular weight excluding hydrogens is 266 g/mol. The van der Waals surface area contributed by atoms with Crippen LogP contribution in [0.5, 0.6) is 0 Å². The Kier molecular flexibility index (Phi) is 2.79. The van der Waals surface area contributed by atoms with Gasteiger partial charge in [-0.25, -0.2) is 27.4 Å². The van der Waals surface area contributed by atoms with Gasteiger partial charge in [-0.15, -0.1) is 0 Å². The molecule has 0 radical (unpaired) electrons. The molecule has 1 saturated heterocycles. The van der Waals surface area contributed by atoms with E-state index in [0.29, 0.717) is 13.1 Å². The molecule has 7 nitrogen and oxygen atoms in total. The largest absolute Gasteiger partial charge is 0.249 e. The van der Waals surface area contributed by atoms with Crippen molar-refractivity contribution in [3.05, 3.63) is 18.1 Å². The third-order valence-electron chi connectivity index (χ3n) is 3.49. The maximum Gasteiger partial charge on any atom is 0.211 e. The molecule has 19 heavy (non-hydrogen) atoms. The molecule has 0 unspecified atom stereocenters. The summed E-state index contributed by atoms with van der Waals surface area (Å²) in [5, 5.41) is 4.46. The van der Waals surface area contributed by atoms with E-state index in [9.17, 15) is 8.42 Å². The van der Waals surface area contributed by atoms with Crippen molar-refractivity contribution < 1.29 is 8.42 Å². The summed E-state index contributed by atoms with van der Waals surface area (Å²) >= 11 is 0. The normalized spacial score (nSPS) is 21.3. The average Bonchev–Trinajstić information content (AvgIpc) is 2.94. The lowest BCUT2D eigenvalue weighted by molar-refractivity contribution is 0.477. The Hall–Kier alpha value is -1.54. The fourth-order valence-corrected chi connectivity index (χ4v) is 3.42. The van der Waals surface area contributed by atoms with E-state index < -0.39 is 10.0 Å². The first-order valence-corrected chi connectivity index (χ1v) is 7.90. The zero-order valence-corrected chi connectivity index (χ0v) is 11.6. The van der Waals surface area contributed by atoms with Crippen LogP contribution < -0.4 is 0 Å². The van der Waals surface area contributed by atoms with Crippen molar-refractivity contribution in [2.75, 3.05) is 19.3 Å². The van der Waals surface area contributed by atoms with Gasteiger partial charge in [0.2, 0.25) is 10.0 Å². The zero-order chi connectivity index (χ0) is 13.6. The Morgan fingerprint density at radius 1 is 1.32 bits per heavy atom. The summed E-state index contributed by atoms with van der Waals surface area (Å²) < 4.78 is 26.3. The highest BCUT2D eigenvalue weighted by atomic mass is 32.2. The topological polar surface area (TPSA) is 81.0 Å². The van der Waals surface area contributed by atoms with Crippen molar-refractivity contribution in [1.82, 2.24) is 24.1 Å². The van der Waals surface area contributed by atoms with E-state index in [1.165, 1.54) is 10.6 Å². The molecule has 0 aromatic carbocycles. The van der Waals surface area contributed by atoms with E-state index in [0.717, 1.165) is 23.3 Å². The molecule has 1 fully saturated rings. The summed E-state index contributed by atoms with van der Waals surface area (Å²) in [6.45, 7) is 1.02. The van der Waals surface area contributed by atoms with Gasteiger partial charge in [-0.05, 0) is 6.42 Å². The molecule has 0 amide bonds. The summed E-state index contributed by atoms with van der Waals surface area (Å²) in [6.07, 6.45) is 5.28. The van der Waals surface area contributed by atoms with Gasteiger partial charge in [0.05, 0.1) is 11.9 Å². The molecule has 102 valence electrons. The molecule has 1 aliphatic heterocycles. The molecule has 1 aliphatic rings. The minimum Gasteiger partial charge on any atom is -0.249 e. The fraction of sp³-hybridized carbons (Fsp3) is 0.545. The first kappa shape index (κ1) is 12.5. The number of nitrogens with zero attached hydrogens (tertiary/aromatic N) is 5. The van der Waals surface area contributed by atoms with Crippen molar-refractivity contribution >= 4 is 21.2 Å². The quantitative estimate of drug-likeness (QED) is 0.780. The van der Waals surface area contributed by atoms with Crippen molar-refractivity contribution in [1.29, 1.82) is 0 Å². The Morgan fingerprint density at radius 2 is 2.05 bits per heavy atom. The summed E-state index contributed by atoms with van der Waals surface area (Å²) in [7, 11) is -1.30. The second-order valence-corrected chi connectivity index (χ2v) is 6.83. The van der Waals surface area contributed by atoms with Crippen molar-refractivity contribution in [3.8, 4) is 0 Å². The number of hydrogen-bond acceptors (Lipinski definition) is 5. The third kappa shape index (κ3) is 2.10. The first-order chi connectivity index (χ1) is 8.97. The molecule has 3 rings (SSSR count). The van der Waals surface area contributed by atoms with Gasteiger partial charge >= 0.3 is 0 Å². The van der Waals surface area contributed by atoms with Gasteiger partial charge < -0.3 is 0 Å². The van der Waals surface area contributed by atoms with Crippen LogP contribution in [-0.2, 0) is 17.1 Å². The predicted molar refractivity (Wildman–Crippen MR) is 70.1 cm³/mol. The van der Waals surface area contributed by atoms with Gasteiger partial charge in [0.25, 0.3) is 0 Å². The number of fused-ring (bicyclic) bond motifs is 1. The van der Waals surface area contributed by atoms with Gasteiger partial charge in [-0.2, -0.15) is 5.10 Å². The van der Waals surface area contributed by atoms with Crippen LogP contribution in [0.3, 0.4) is 0 Å². The van der Waals surface area contributed by atoms with Crippen LogP contribution >= 0.6 is 0 Å². The molecule has 2 aromatic heterocycles. The van der Waals surface area contributed by atoms with E-state index in [-0.39, 0.29) is 5.92 Å².